The van der Waals surface area contributed by atoms with Crippen LogP contribution in [0.1, 0.15) is 6.92 Å². The molecule has 0 aromatic heterocycles. The van der Waals surface area contributed by atoms with E-state index in [0.717, 1.165) is 11.8 Å². The van der Waals surface area contributed by atoms with E-state index in [4.69, 9.17) is 5.11 Å². The largest absolute Gasteiger partial charge is 0.510 e. The van der Waals surface area contributed by atoms with E-state index < -0.39 is 4.75 Å². The molecule has 0 aliphatic carbocycles. The highest BCUT2D eigenvalue weighted by Crippen LogP contribution is 2.38. The summed E-state index contributed by atoms with van der Waals surface area (Å²) >= 11 is 1.08. The van der Waals surface area contributed by atoms with Crippen molar-refractivity contribution in [1.82, 2.24) is 0 Å². The monoisotopic (exact) mass is 156 g/mol. The number of aliphatic hydroxyl groups excluding tert-OH is 1. The van der Waals surface area contributed by atoms with E-state index >= 15 is 0 Å². The average Bonchev–Trinajstić information content (AvgIpc) is 2.09. The van der Waals surface area contributed by atoms with Gasteiger partial charge in [-0.1, -0.05) is 17.8 Å². The number of rotatable bonds is 1. The molecule has 0 aromatic rings. The molecule has 3 heteroatoms. The third kappa shape index (κ3) is 0.968. The standard InChI is InChI=1S/C7H8O2S/c1-3-7(2)5(8)4-6(9)10-7/h3-4,8H,1H2,2H3/t7-/m1/s1. The third-order valence-electron chi connectivity index (χ3n) is 1.47. The molecule has 1 aliphatic heterocycles. The molecule has 0 aromatic carbocycles. The fourth-order valence-electron chi connectivity index (χ4n) is 0.692. The van der Waals surface area contributed by atoms with Crippen LogP contribution < -0.4 is 0 Å². The van der Waals surface area contributed by atoms with E-state index in [1.54, 1.807) is 13.0 Å². The molecule has 1 atom stereocenters. The van der Waals surface area contributed by atoms with E-state index in [1.807, 2.05) is 0 Å². The van der Waals surface area contributed by atoms with Crippen LogP contribution in [0.3, 0.4) is 0 Å². The Balaban J connectivity index is 2.96. The van der Waals surface area contributed by atoms with Crippen molar-refractivity contribution in [2.75, 3.05) is 0 Å². The summed E-state index contributed by atoms with van der Waals surface area (Å²) in [6.45, 7) is 5.28. The van der Waals surface area contributed by atoms with Crippen molar-refractivity contribution in [3.05, 3.63) is 24.5 Å². The molecule has 0 bridgehead atoms. The zero-order chi connectivity index (χ0) is 7.78. The number of hydrogen-bond acceptors (Lipinski definition) is 3. The zero-order valence-corrected chi connectivity index (χ0v) is 6.44. The van der Waals surface area contributed by atoms with Crippen molar-refractivity contribution in [3.8, 4) is 0 Å². The second kappa shape index (κ2) is 2.16. The van der Waals surface area contributed by atoms with Gasteiger partial charge in [0.25, 0.3) is 0 Å². The normalized spacial score (nSPS) is 32.1. The minimum absolute atomic E-state index is 0.0949. The van der Waals surface area contributed by atoms with E-state index in [0.29, 0.717) is 0 Å². The molecule has 2 nitrogen and oxygen atoms in total. The maximum Gasteiger partial charge on any atom is 0.216 e. The van der Waals surface area contributed by atoms with E-state index in [1.165, 1.54) is 6.08 Å². The van der Waals surface area contributed by atoms with Crippen LogP contribution in [-0.2, 0) is 4.79 Å². The Kier molecular flexibility index (Phi) is 1.60. The number of hydrogen-bond donors (Lipinski definition) is 1. The van der Waals surface area contributed by atoms with Crippen LogP contribution in [0.5, 0.6) is 0 Å². The number of aliphatic hydroxyl groups is 1. The van der Waals surface area contributed by atoms with Crippen LogP contribution in [0.4, 0.5) is 0 Å². The molecule has 1 N–H and O–H groups in total. The molecule has 1 aliphatic rings. The topological polar surface area (TPSA) is 37.3 Å². The van der Waals surface area contributed by atoms with Crippen molar-refractivity contribution in [3.63, 3.8) is 0 Å². The van der Waals surface area contributed by atoms with Gasteiger partial charge in [-0.25, -0.2) is 0 Å². The van der Waals surface area contributed by atoms with Crippen molar-refractivity contribution < 1.29 is 9.90 Å². The Morgan fingerprint density at radius 2 is 2.50 bits per heavy atom. The predicted octanol–water partition coefficient (Wildman–Crippen LogP) is 1.65. The van der Waals surface area contributed by atoms with E-state index in [9.17, 15) is 4.79 Å². The summed E-state index contributed by atoms with van der Waals surface area (Å²) in [4.78, 5) is 10.7. The molecule has 0 unspecified atom stereocenters. The van der Waals surface area contributed by atoms with Gasteiger partial charge in [0.2, 0.25) is 5.12 Å². The molecule has 1 rings (SSSR count). The molecule has 0 saturated carbocycles. The van der Waals surface area contributed by atoms with Crippen molar-refractivity contribution in [1.29, 1.82) is 0 Å². The lowest BCUT2D eigenvalue weighted by Crippen LogP contribution is -2.15. The predicted molar refractivity (Wildman–Crippen MR) is 41.9 cm³/mol. The second-order valence-corrected chi connectivity index (χ2v) is 3.72. The van der Waals surface area contributed by atoms with Gasteiger partial charge in [0, 0.05) is 6.08 Å². The first kappa shape index (κ1) is 7.41. The lowest BCUT2D eigenvalue weighted by Gasteiger charge is -2.15. The number of carbonyl (C=O) groups is 1. The van der Waals surface area contributed by atoms with Crippen LogP contribution in [0.15, 0.2) is 24.5 Å². The molecule has 54 valence electrons. The minimum atomic E-state index is -0.586. The Labute approximate surface area is 63.6 Å². The highest BCUT2D eigenvalue weighted by atomic mass is 32.2. The van der Waals surface area contributed by atoms with Crippen molar-refractivity contribution >= 4 is 16.9 Å². The first-order valence-corrected chi connectivity index (χ1v) is 3.68. The minimum Gasteiger partial charge on any atom is -0.510 e. The van der Waals surface area contributed by atoms with Gasteiger partial charge in [0.05, 0.1) is 4.75 Å². The van der Waals surface area contributed by atoms with Gasteiger partial charge in [0.15, 0.2) is 0 Å². The van der Waals surface area contributed by atoms with Crippen molar-refractivity contribution in [2.24, 2.45) is 0 Å². The van der Waals surface area contributed by atoms with Gasteiger partial charge in [0.1, 0.15) is 5.76 Å². The van der Waals surface area contributed by atoms with Crippen LogP contribution in [0.2, 0.25) is 0 Å². The Hall–Kier alpha value is -0.700. The second-order valence-electron chi connectivity index (χ2n) is 2.26. The smallest absolute Gasteiger partial charge is 0.216 e. The van der Waals surface area contributed by atoms with Crippen molar-refractivity contribution in [2.45, 2.75) is 11.7 Å². The molecular formula is C7H8O2S. The van der Waals surface area contributed by atoms with E-state index in [2.05, 4.69) is 6.58 Å². The lowest BCUT2D eigenvalue weighted by molar-refractivity contribution is -0.106. The van der Waals surface area contributed by atoms with E-state index in [-0.39, 0.29) is 10.9 Å². The molecule has 0 saturated heterocycles. The fraction of sp³-hybridized carbons (Fsp3) is 0.286. The zero-order valence-electron chi connectivity index (χ0n) is 5.63. The first-order valence-electron chi connectivity index (χ1n) is 2.86. The molecule has 0 spiro atoms. The first-order chi connectivity index (χ1) is 4.58. The Morgan fingerprint density at radius 3 is 2.70 bits per heavy atom. The molecule has 1 heterocycles. The quantitative estimate of drug-likeness (QED) is 0.586. The summed E-state index contributed by atoms with van der Waals surface area (Å²) in [5, 5.41) is 9.06. The van der Waals surface area contributed by atoms with Crippen LogP contribution >= 0.6 is 11.8 Å². The summed E-state index contributed by atoms with van der Waals surface area (Å²) in [5.41, 5.74) is 0. The highest BCUT2D eigenvalue weighted by Gasteiger charge is 2.34. The fourth-order valence-corrected chi connectivity index (χ4v) is 1.53. The van der Waals surface area contributed by atoms with Crippen LogP contribution in [0.25, 0.3) is 0 Å². The molecule has 0 fully saturated rings. The Morgan fingerprint density at radius 1 is 1.90 bits per heavy atom. The van der Waals surface area contributed by atoms with Gasteiger partial charge in [-0.2, -0.15) is 0 Å². The summed E-state index contributed by atoms with van der Waals surface area (Å²) in [7, 11) is 0. The number of carbonyl (C=O) groups excluding carboxylic acids is 1. The SMILES string of the molecule is C=C[C@@]1(C)SC(=O)C=C1O. The Bertz CT molecular complexity index is 220. The highest BCUT2D eigenvalue weighted by molar-refractivity contribution is 8.15. The summed E-state index contributed by atoms with van der Waals surface area (Å²) in [6.07, 6.45) is 2.79. The molecule has 10 heavy (non-hydrogen) atoms. The maximum absolute atomic E-state index is 10.7. The number of thioether (sulfide) groups is 1. The molecule has 0 radical (unpaired) electrons. The lowest BCUT2D eigenvalue weighted by atomic mass is 10.1. The summed E-state index contributed by atoms with van der Waals surface area (Å²) < 4.78 is -0.586. The van der Waals surface area contributed by atoms with Gasteiger partial charge in [-0.05, 0) is 6.92 Å². The van der Waals surface area contributed by atoms with Gasteiger partial charge in [-0.3, -0.25) is 4.79 Å². The molecule has 0 amide bonds. The van der Waals surface area contributed by atoms with Crippen LogP contribution in [0, 0.1) is 0 Å². The summed E-state index contributed by atoms with van der Waals surface area (Å²) in [6, 6.07) is 0. The third-order valence-corrected chi connectivity index (χ3v) is 2.58. The maximum atomic E-state index is 10.7. The van der Waals surface area contributed by atoms with Gasteiger partial charge in [-0.15, -0.1) is 6.58 Å². The van der Waals surface area contributed by atoms with Gasteiger partial charge >= 0.3 is 0 Å². The summed E-state index contributed by atoms with van der Waals surface area (Å²) in [5.74, 6) is 0.0949. The van der Waals surface area contributed by atoms with Gasteiger partial charge < -0.3 is 5.11 Å². The molecular weight excluding hydrogens is 148 g/mol. The average molecular weight is 156 g/mol. The van der Waals surface area contributed by atoms with Crippen LogP contribution in [-0.4, -0.2) is 15.0 Å².